The number of carbonyl (C=O) groups is 1. The van der Waals surface area contributed by atoms with Gasteiger partial charge in [-0.15, -0.1) is 11.8 Å². The number of hydrogen-bond acceptors (Lipinski definition) is 3. The third kappa shape index (κ3) is 2.99. The molecule has 4 nitrogen and oxygen atoms in total. The summed E-state index contributed by atoms with van der Waals surface area (Å²) in [7, 11) is 0. The summed E-state index contributed by atoms with van der Waals surface area (Å²) in [5, 5.41) is 12.0. The highest BCUT2D eigenvalue weighted by atomic mass is 16.4. The summed E-state index contributed by atoms with van der Waals surface area (Å²) in [4.78, 5) is 15.0. The van der Waals surface area contributed by atoms with E-state index in [0.29, 0.717) is 24.3 Å². The van der Waals surface area contributed by atoms with Crippen LogP contribution < -0.4 is 5.32 Å². The quantitative estimate of drug-likeness (QED) is 0.598. The van der Waals surface area contributed by atoms with E-state index in [9.17, 15) is 4.79 Å². The molecule has 16 heavy (non-hydrogen) atoms. The number of rotatable bonds is 4. The molecule has 1 aromatic rings. The molecule has 0 unspecified atom stereocenters. The van der Waals surface area contributed by atoms with Crippen molar-refractivity contribution >= 4 is 11.8 Å². The van der Waals surface area contributed by atoms with Crippen LogP contribution in [0.15, 0.2) is 12.3 Å². The molecule has 0 atom stereocenters. The summed E-state index contributed by atoms with van der Waals surface area (Å²) in [6.07, 6.45) is 2.26. The van der Waals surface area contributed by atoms with E-state index in [1.54, 1.807) is 26.1 Å². The maximum Gasteiger partial charge on any atom is 0.339 e. The van der Waals surface area contributed by atoms with Crippen molar-refractivity contribution in [1.29, 1.82) is 0 Å². The first-order valence-corrected chi connectivity index (χ1v) is 4.99. The Morgan fingerprint density at radius 2 is 2.38 bits per heavy atom. The van der Waals surface area contributed by atoms with Gasteiger partial charge in [-0.1, -0.05) is 0 Å². The number of hydrogen-bond donors (Lipinski definition) is 2. The van der Waals surface area contributed by atoms with Crippen molar-refractivity contribution in [2.75, 3.05) is 11.9 Å². The Kier molecular flexibility index (Phi) is 4.34. The van der Waals surface area contributed by atoms with Crippen molar-refractivity contribution < 1.29 is 9.90 Å². The second-order valence-corrected chi connectivity index (χ2v) is 3.26. The van der Waals surface area contributed by atoms with Gasteiger partial charge in [0.15, 0.2) is 0 Å². The fraction of sp³-hybridized carbons (Fsp3) is 0.333. The summed E-state index contributed by atoms with van der Waals surface area (Å²) < 4.78 is 0. The molecule has 2 N–H and O–H groups in total. The van der Waals surface area contributed by atoms with E-state index in [4.69, 9.17) is 5.11 Å². The molecule has 0 spiro atoms. The van der Waals surface area contributed by atoms with E-state index < -0.39 is 5.97 Å². The smallest absolute Gasteiger partial charge is 0.339 e. The maximum absolute atomic E-state index is 11.0. The molecule has 0 amide bonds. The van der Waals surface area contributed by atoms with Gasteiger partial charge in [0.1, 0.15) is 11.4 Å². The van der Waals surface area contributed by atoms with Gasteiger partial charge in [0.2, 0.25) is 0 Å². The minimum Gasteiger partial charge on any atom is -0.478 e. The highest BCUT2D eigenvalue weighted by molar-refractivity contribution is 5.94. The van der Waals surface area contributed by atoms with Crippen LogP contribution in [0, 0.1) is 18.8 Å². The SMILES string of the molecule is CC#CCCNc1nccc(C)c1C(=O)O. The Labute approximate surface area is 94.7 Å². The molecular weight excluding hydrogens is 204 g/mol. The van der Waals surface area contributed by atoms with Crippen LogP contribution in [0.4, 0.5) is 5.82 Å². The minimum atomic E-state index is -0.963. The number of nitrogens with one attached hydrogen (secondary N) is 1. The Morgan fingerprint density at radius 1 is 1.62 bits per heavy atom. The lowest BCUT2D eigenvalue weighted by Crippen LogP contribution is -2.10. The van der Waals surface area contributed by atoms with Gasteiger partial charge in [-0.3, -0.25) is 0 Å². The molecule has 1 aromatic heterocycles. The predicted octanol–water partition coefficient (Wildman–Crippen LogP) is 1.91. The lowest BCUT2D eigenvalue weighted by atomic mass is 10.1. The second kappa shape index (κ2) is 5.76. The van der Waals surface area contributed by atoms with Gasteiger partial charge in [0.05, 0.1) is 0 Å². The molecule has 0 aliphatic rings. The molecule has 1 rings (SSSR count). The van der Waals surface area contributed by atoms with Crippen molar-refractivity contribution in [1.82, 2.24) is 4.98 Å². The van der Waals surface area contributed by atoms with Crippen molar-refractivity contribution in [3.63, 3.8) is 0 Å². The molecular formula is C12H14N2O2. The Hall–Kier alpha value is -2.02. The lowest BCUT2D eigenvalue weighted by Gasteiger charge is -2.08. The highest BCUT2D eigenvalue weighted by Crippen LogP contribution is 2.16. The van der Waals surface area contributed by atoms with Crippen LogP contribution in [0.2, 0.25) is 0 Å². The van der Waals surface area contributed by atoms with Gasteiger partial charge < -0.3 is 10.4 Å². The molecule has 0 aliphatic carbocycles. The van der Waals surface area contributed by atoms with Crippen molar-refractivity contribution in [2.45, 2.75) is 20.3 Å². The molecule has 84 valence electrons. The summed E-state index contributed by atoms with van der Waals surface area (Å²) in [5.74, 6) is 5.11. The molecule has 1 heterocycles. The van der Waals surface area contributed by atoms with Crippen LogP contribution in [-0.2, 0) is 0 Å². The van der Waals surface area contributed by atoms with Crippen LogP contribution in [-0.4, -0.2) is 22.6 Å². The van der Waals surface area contributed by atoms with Crippen LogP contribution in [0.3, 0.4) is 0 Å². The number of aromatic carboxylic acids is 1. The Morgan fingerprint density at radius 3 is 3.00 bits per heavy atom. The topological polar surface area (TPSA) is 62.2 Å². The van der Waals surface area contributed by atoms with E-state index in [2.05, 4.69) is 22.1 Å². The van der Waals surface area contributed by atoms with Crippen molar-refractivity contribution in [3.8, 4) is 11.8 Å². The van der Waals surface area contributed by atoms with Gasteiger partial charge in [-0.05, 0) is 25.5 Å². The molecule has 4 heteroatoms. The molecule has 0 saturated carbocycles. The van der Waals surface area contributed by atoms with E-state index in [1.807, 2.05) is 0 Å². The lowest BCUT2D eigenvalue weighted by molar-refractivity contribution is 0.0697. The monoisotopic (exact) mass is 218 g/mol. The molecule has 0 saturated heterocycles. The number of carboxylic acid groups (broad SMARTS) is 1. The van der Waals surface area contributed by atoms with Crippen LogP contribution >= 0.6 is 0 Å². The Balaban J connectivity index is 2.81. The highest BCUT2D eigenvalue weighted by Gasteiger charge is 2.13. The van der Waals surface area contributed by atoms with Gasteiger partial charge in [-0.25, -0.2) is 9.78 Å². The van der Waals surface area contributed by atoms with Gasteiger partial charge >= 0.3 is 5.97 Å². The van der Waals surface area contributed by atoms with E-state index in [-0.39, 0.29) is 5.56 Å². The van der Waals surface area contributed by atoms with Gasteiger partial charge in [0.25, 0.3) is 0 Å². The van der Waals surface area contributed by atoms with Crippen LogP contribution in [0.5, 0.6) is 0 Å². The van der Waals surface area contributed by atoms with Crippen LogP contribution in [0.1, 0.15) is 29.3 Å². The summed E-state index contributed by atoms with van der Waals surface area (Å²) in [5.41, 5.74) is 0.929. The van der Waals surface area contributed by atoms with Gasteiger partial charge in [-0.2, -0.15) is 0 Å². The first kappa shape index (κ1) is 12.1. The Bertz CT molecular complexity index is 444. The van der Waals surface area contributed by atoms with Crippen LogP contribution in [0.25, 0.3) is 0 Å². The number of anilines is 1. The molecule has 0 radical (unpaired) electrons. The number of pyridine rings is 1. The molecule has 0 aromatic carbocycles. The van der Waals surface area contributed by atoms with Gasteiger partial charge in [0, 0.05) is 19.2 Å². The zero-order valence-corrected chi connectivity index (χ0v) is 9.37. The first-order chi connectivity index (χ1) is 7.66. The zero-order chi connectivity index (χ0) is 12.0. The zero-order valence-electron chi connectivity index (χ0n) is 9.37. The third-order valence-corrected chi connectivity index (χ3v) is 2.09. The second-order valence-electron chi connectivity index (χ2n) is 3.26. The van der Waals surface area contributed by atoms with Crippen molar-refractivity contribution in [2.24, 2.45) is 0 Å². The molecule has 0 bridgehead atoms. The average Bonchev–Trinajstić information content (AvgIpc) is 2.24. The summed E-state index contributed by atoms with van der Waals surface area (Å²) in [6.45, 7) is 4.12. The summed E-state index contributed by atoms with van der Waals surface area (Å²) in [6, 6.07) is 1.68. The average molecular weight is 218 g/mol. The molecule has 0 fully saturated rings. The fourth-order valence-corrected chi connectivity index (χ4v) is 1.33. The number of aryl methyl sites for hydroxylation is 1. The number of carboxylic acids is 1. The minimum absolute atomic E-state index is 0.229. The maximum atomic E-state index is 11.0. The number of nitrogens with zero attached hydrogens (tertiary/aromatic N) is 1. The predicted molar refractivity (Wildman–Crippen MR) is 62.5 cm³/mol. The van der Waals surface area contributed by atoms with Crippen molar-refractivity contribution in [3.05, 3.63) is 23.4 Å². The fourth-order valence-electron chi connectivity index (χ4n) is 1.33. The largest absolute Gasteiger partial charge is 0.478 e. The van der Waals surface area contributed by atoms with E-state index >= 15 is 0 Å². The third-order valence-electron chi connectivity index (χ3n) is 2.09. The summed E-state index contributed by atoms with van der Waals surface area (Å²) >= 11 is 0. The first-order valence-electron chi connectivity index (χ1n) is 4.99. The molecule has 0 aliphatic heterocycles. The normalized spacial score (nSPS) is 9.12. The number of aromatic nitrogens is 1. The van der Waals surface area contributed by atoms with E-state index in [1.165, 1.54) is 0 Å². The standard InChI is InChI=1S/C12H14N2O2/c1-3-4-5-7-13-11-10(12(15)16)9(2)6-8-14-11/h6,8H,5,7H2,1-2H3,(H,13,14)(H,15,16). The van der Waals surface area contributed by atoms with E-state index in [0.717, 1.165) is 0 Å².